The summed E-state index contributed by atoms with van der Waals surface area (Å²) in [5.41, 5.74) is 0.962. The van der Waals surface area contributed by atoms with Crippen molar-refractivity contribution in [1.29, 1.82) is 0 Å². The molecule has 1 amide bonds. The molecule has 0 aliphatic carbocycles. The van der Waals surface area contributed by atoms with Gasteiger partial charge in [-0.05, 0) is 32.3 Å². The molecule has 0 bridgehead atoms. The van der Waals surface area contributed by atoms with E-state index in [1.807, 2.05) is 43.3 Å². The summed E-state index contributed by atoms with van der Waals surface area (Å²) < 4.78 is 0.997. The van der Waals surface area contributed by atoms with Crippen molar-refractivity contribution in [2.45, 2.75) is 6.04 Å². The number of halogens is 1. The van der Waals surface area contributed by atoms with Crippen molar-refractivity contribution in [3.63, 3.8) is 0 Å². The molecule has 0 spiro atoms. The minimum atomic E-state index is -0.0808. The summed E-state index contributed by atoms with van der Waals surface area (Å²) in [5.74, 6) is 0.163. The average Bonchev–Trinajstić information content (AvgIpc) is 2.34. The highest BCUT2D eigenvalue weighted by Gasteiger charge is 2.32. The van der Waals surface area contributed by atoms with E-state index in [1.54, 1.807) is 0 Å². The Morgan fingerprint density at radius 3 is 2.89 bits per heavy atom. The van der Waals surface area contributed by atoms with Gasteiger partial charge < -0.3 is 10.2 Å². The van der Waals surface area contributed by atoms with Crippen molar-refractivity contribution in [2.24, 2.45) is 0 Å². The SMILES string of the molecule is CNCC1C(=O)N(c2cccc(Br)c2)CCN1C. The number of carbonyl (C=O) groups excluding carboxylic acids is 1. The second kappa shape index (κ2) is 5.82. The van der Waals surface area contributed by atoms with Crippen molar-refractivity contribution in [2.75, 3.05) is 38.6 Å². The normalized spacial score (nSPS) is 21.4. The summed E-state index contributed by atoms with van der Waals surface area (Å²) in [6, 6.07) is 7.81. The molecule has 1 atom stereocenters. The van der Waals surface area contributed by atoms with E-state index in [0.29, 0.717) is 6.54 Å². The molecular weight excluding hydrogens is 294 g/mol. The molecule has 1 aromatic carbocycles. The Hall–Kier alpha value is -0.910. The molecule has 0 radical (unpaired) electrons. The first-order valence-electron chi connectivity index (χ1n) is 6.05. The van der Waals surface area contributed by atoms with Crippen LogP contribution < -0.4 is 10.2 Å². The van der Waals surface area contributed by atoms with Gasteiger partial charge in [-0.1, -0.05) is 22.0 Å². The molecule has 2 rings (SSSR count). The standard InChI is InChI=1S/C13H18BrN3O/c1-15-9-12-13(18)17(7-6-16(12)2)11-5-3-4-10(14)8-11/h3-5,8,12,15H,6-7,9H2,1-2H3. The second-order valence-electron chi connectivity index (χ2n) is 4.52. The Morgan fingerprint density at radius 2 is 2.22 bits per heavy atom. The topological polar surface area (TPSA) is 35.6 Å². The lowest BCUT2D eigenvalue weighted by molar-refractivity contribution is -0.125. The quantitative estimate of drug-likeness (QED) is 0.914. The largest absolute Gasteiger partial charge is 0.318 e. The van der Waals surface area contributed by atoms with Crippen LogP contribution in [0.3, 0.4) is 0 Å². The van der Waals surface area contributed by atoms with Crippen LogP contribution in [-0.4, -0.2) is 50.6 Å². The summed E-state index contributed by atoms with van der Waals surface area (Å²) in [5, 5.41) is 3.08. The lowest BCUT2D eigenvalue weighted by Crippen LogP contribution is -2.58. The predicted molar refractivity (Wildman–Crippen MR) is 76.8 cm³/mol. The van der Waals surface area contributed by atoms with Crippen LogP contribution in [0.2, 0.25) is 0 Å². The third-order valence-electron chi connectivity index (χ3n) is 3.28. The van der Waals surface area contributed by atoms with E-state index >= 15 is 0 Å². The summed E-state index contributed by atoms with van der Waals surface area (Å²) >= 11 is 3.45. The number of likely N-dealkylation sites (N-methyl/N-ethyl adjacent to an activating group) is 2. The summed E-state index contributed by atoms with van der Waals surface area (Å²) in [6.07, 6.45) is 0. The third-order valence-corrected chi connectivity index (χ3v) is 3.77. The fourth-order valence-corrected chi connectivity index (χ4v) is 2.62. The Kier molecular flexibility index (Phi) is 4.37. The highest BCUT2D eigenvalue weighted by atomic mass is 79.9. The second-order valence-corrected chi connectivity index (χ2v) is 5.44. The van der Waals surface area contributed by atoms with Gasteiger partial charge in [0, 0.05) is 29.8 Å². The van der Waals surface area contributed by atoms with Gasteiger partial charge in [0.2, 0.25) is 5.91 Å². The van der Waals surface area contributed by atoms with Crippen molar-refractivity contribution in [3.05, 3.63) is 28.7 Å². The molecule has 1 saturated heterocycles. The van der Waals surface area contributed by atoms with E-state index in [0.717, 1.165) is 23.2 Å². The zero-order valence-electron chi connectivity index (χ0n) is 10.7. The van der Waals surface area contributed by atoms with Gasteiger partial charge in [0.1, 0.15) is 6.04 Å². The van der Waals surface area contributed by atoms with Crippen LogP contribution in [0.15, 0.2) is 28.7 Å². The summed E-state index contributed by atoms with van der Waals surface area (Å²) in [4.78, 5) is 16.4. The van der Waals surface area contributed by atoms with E-state index in [2.05, 4.69) is 26.1 Å². The van der Waals surface area contributed by atoms with Gasteiger partial charge in [0.15, 0.2) is 0 Å². The molecule has 0 aromatic heterocycles. The van der Waals surface area contributed by atoms with E-state index in [-0.39, 0.29) is 11.9 Å². The molecule has 1 aliphatic rings. The van der Waals surface area contributed by atoms with Gasteiger partial charge in [-0.25, -0.2) is 0 Å². The van der Waals surface area contributed by atoms with E-state index in [9.17, 15) is 4.79 Å². The Labute approximate surface area is 116 Å². The van der Waals surface area contributed by atoms with Crippen molar-refractivity contribution in [1.82, 2.24) is 10.2 Å². The molecule has 5 heteroatoms. The lowest BCUT2D eigenvalue weighted by atomic mass is 10.1. The zero-order valence-corrected chi connectivity index (χ0v) is 12.3. The number of rotatable bonds is 3. The Balaban J connectivity index is 2.21. The molecule has 1 aromatic rings. The summed E-state index contributed by atoms with van der Waals surface area (Å²) in [6.45, 7) is 2.32. The Morgan fingerprint density at radius 1 is 1.44 bits per heavy atom. The van der Waals surface area contributed by atoms with E-state index < -0.39 is 0 Å². The van der Waals surface area contributed by atoms with Crippen LogP contribution >= 0.6 is 15.9 Å². The molecule has 1 N–H and O–H groups in total. The lowest BCUT2D eigenvalue weighted by Gasteiger charge is -2.38. The van der Waals surface area contributed by atoms with Gasteiger partial charge >= 0.3 is 0 Å². The number of nitrogens with one attached hydrogen (secondary N) is 1. The number of anilines is 1. The van der Waals surface area contributed by atoms with Gasteiger partial charge in [-0.2, -0.15) is 0 Å². The number of hydrogen-bond donors (Lipinski definition) is 1. The number of amides is 1. The first-order chi connectivity index (χ1) is 8.63. The minimum absolute atomic E-state index is 0.0808. The van der Waals surface area contributed by atoms with Gasteiger partial charge in [-0.3, -0.25) is 9.69 Å². The first-order valence-corrected chi connectivity index (χ1v) is 6.84. The predicted octanol–water partition coefficient (Wildman–Crippen LogP) is 1.32. The molecule has 1 heterocycles. The van der Waals surface area contributed by atoms with Crippen molar-refractivity contribution in [3.8, 4) is 0 Å². The van der Waals surface area contributed by atoms with E-state index in [4.69, 9.17) is 0 Å². The highest BCUT2D eigenvalue weighted by Crippen LogP contribution is 2.23. The van der Waals surface area contributed by atoms with Crippen LogP contribution in [0, 0.1) is 0 Å². The third kappa shape index (κ3) is 2.74. The Bertz CT molecular complexity index is 438. The number of benzene rings is 1. The summed E-state index contributed by atoms with van der Waals surface area (Å²) in [7, 11) is 3.87. The van der Waals surface area contributed by atoms with Crippen LogP contribution in [0.25, 0.3) is 0 Å². The number of piperazine rings is 1. The van der Waals surface area contributed by atoms with Gasteiger partial charge in [-0.15, -0.1) is 0 Å². The van der Waals surface area contributed by atoms with Crippen LogP contribution in [0.5, 0.6) is 0 Å². The zero-order chi connectivity index (χ0) is 13.1. The average molecular weight is 312 g/mol. The van der Waals surface area contributed by atoms with Crippen molar-refractivity contribution >= 4 is 27.5 Å². The molecule has 1 fully saturated rings. The maximum Gasteiger partial charge on any atom is 0.245 e. The van der Waals surface area contributed by atoms with Gasteiger partial charge in [0.25, 0.3) is 0 Å². The van der Waals surface area contributed by atoms with Crippen LogP contribution in [-0.2, 0) is 4.79 Å². The first kappa shape index (κ1) is 13.5. The molecule has 98 valence electrons. The fourth-order valence-electron chi connectivity index (χ4n) is 2.23. The molecule has 1 unspecified atom stereocenters. The molecule has 4 nitrogen and oxygen atoms in total. The number of nitrogens with zero attached hydrogens (tertiary/aromatic N) is 2. The van der Waals surface area contributed by atoms with Crippen LogP contribution in [0.4, 0.5) is 5.69 Å². The molecule has 0 saturated carbocycles. The minimum Gasteiger partial charge on any atom is -0.318 e. The fraction of sp³-hybridized carbons (Fsp3) is 0.462. The van der Waals surface area contributed by atoms with Crippen LogP contribution in [0.1, 0.15) is 0 Å². The monoisotopic (exact) mass is 311 g/mol. The number of carbonyl (C=O) groups is 1. The maximum atomic E-state index is 12.5. The molecular formula is C13H18BrN3O. The van der Waals surface area contributed by atoms with Gasteiger partial charge in [0.05, 0.1) is 0 Å². The molecule has 18 heavy (non-hydrogen) atoms. The highest BCUT2D eigenvalue weighted by molar-refractivity contribution is 9.10. The molecule has 1 aliphatic heterocycles. The maximum absolute atomic E-state index is 12.5. The van der Waals surface area contributed by atoms with Crippen molar-refractivity contribution < 1.29 is 4.79 Å². The smallest absolute Gasteiger partial charge is 0.245 e. The number of hydrogen-bond acceptors (Lipinski definition) is 3. The van der Waals surface area contributed by atoms with E-state index in [1.165, 1.54) is 0 Å².